The lowest BCUT2D eigenvalue weighted by atomic mass is 10.0. The third-order valence-corrected chi connectivity index (χ3v) is 4.73. The number of piperidine rings is 1. The van der Waals surface area contributed by atoms with Gasteiger partial charge in [-0.25, -0.2) is 8.78 Å². The molecule has 4 nitrogen and oxygen atoms in total. The average Bonchev–Trinajstić information content (AvgIpc) is 2.62. The van der Waals surface area contributed by atoms with Gasteiger partial charge in [-0.15, -0.1) is 0 Å². The molecule has 1 fully saturated rings. The van der Waals surface area contributed by atoms with Gasteiger partial charge in [0.15, 0.2) is 0 Å². The molecule has 7 heteroatoms. The number of likely N-dealkylation sites (tertiary alicyclic amines) is 1. The molecule has 1 saturated heterocycles. The van der Waals surface area contributed by atoms with Crippen molar-refractivity contribution < 1.29 is 18.4 Å². The van der Waals surface area contributed by atoms with Crippen LogP contribution in [0.3, 0.4) is 0 Å². The van der Waals surface area contributed by atoms with Crippen LogP contribution in [0.25, 0.3) is 0 Å². The van der Waals surface area contributed by atoms with Crippen molar-refractivity contribution >= 4 is 23.4 Å². The van der Waals surface area contributed by atoms with Crippen molar-refractivity contribution in [3.8, 4) is 0 Å². The Labute approximate surface area is 154 Å². The third-order valence-electron chi connectivity index (χ3n) is 4.40. The van der Waals surface area contributed by atoms with E-state index in [0.29, 0.717) is 42.6 Å². The molecule has 0 saturated carbocycles. The first kappa shape index (κ1) is 18.3. The second kappa shape index (κ2) is 7.83. The minimum atomic E-state index is -0.895. The molecule has 0 spiro atoms. The zero-order valence-corrected chi connectivity index (χ0v) is 14.6. The normalized spacial score (nSPS) is 15.0. The maximum Gasteiger partial charge on any atom is 0.255 e. The summed E-state index contributed by atoms with van der Waals surface area (Å²) in [6.45, 7) is 0.918. The number of hydrogen-bond donors (Lipinski definition) is 1. The number of nitrogens with zero attached hydrogens (tertiary/aromatic N) is 1. The Kier molecular flexibility index (Phi) is 5.52. The number of halogens is 3. The van der Waals surface area contributed by atoms with Crippen LogP contribution in [0.1, 0.15) is 33.6 Å². The lowest BCUT2D eigenvalue weighted by Crippen LogP contribution is -2.46. The van der Waals surface area contributed by atoms with Gasteiger partial charge in [0.2, 0.25) is 0 Å². The first-order chi connectivity index (χ1) is 12.5. The monoisotopic (exact) mass is 378 g/mol. The molecule has 3 rings (SSSR count). The Morgan fingerprint density at radius 3 is 2.38 bits per heavy atom. The van der Waals surface area contributed by atoms with Gasteiger partial charge in [-0.2, -0.15) is 0 Å². The Balaban J connectivity index is 1.58. The van der Waals surface area contributed by atoms with Crippen molar-refractivity contribution in [2.24, 2.45) is 0 Å². The van der Waals surface area contributed by atoms with Crippen LogP contribution in [0.15, 0.2) is 42.5 Å². The summed E-state index contributed by atoms with van der Waals surface area (Å²) in [5.74, 6) is -2.36. The number of hydrogen-bond acceptors (Lipinski definition) is 2. The van der Waals surface area contributed by atoms with Gasteiger partial charge in [-0.3, -0.25) is 9.59 Å². The second-order valence-electron chi connectivity index (χ2n) is 6.14. The molecule has 0 bridgehead atoms. The fraction of sp³-hybridized carbons (Fsp3) is 0.263. The molecule has 0 unspecified atom stereocenters. The molecular weight excluding hydrogens is 362 g/mol. The average molecular weight is 379 g/mol. The lowest BCUT2D eigenvalue weighted by molar-refractivity contribution is 0.0698. The molecule has 1 aliphatic rings. The highest BCUT2D eigenvalue weighted by molar-refractivity contribution is 6.33. The zero-order valence-electron chi connectivity index (χ0n) is 13.8. The van der Waals surface area contributed by atoms with Gasteiger partial charge in [-0.05, 0) is 37.1 Å². The highest BCUT2D eigenvalue weighted by Crippen LogP contribution is 2.20. The van der Waals surface area contributed by atoms with E-state index in [9.17, 15) is 18.4 Å². The number of amides is 2. The standard InChI is InChI=1S/C19H17ClF2N2O2/c20-16-4-2-1-3-14(16)19(26)24-9-7-13(8-10-24)23-18(25)15-6-5-12(21)11-17(15)22/h1-6,11,13H,7-10H2,(H,23,25). The van der Waals surface area contributed by atoms with Crippen LogP contribution in [0, 0.1) is 11.6 Å². The summed E-state index contributed by atoms with van der Waals surface area (Å²) in [7, 11) is 0. The van der Waals surface area contributed by atoms with Crippen LogP contribution in [0.5, 0.6) is 0 Å². The van der Waals surface area contributed by atoms with E-state index in [2.05, 4.69) is 5.32 Å². The fourth-order valence-corrected chi connectivity index (χ4v) is 3.19. The first-order valence-corrected chi connectivity index (χ1v) is 8.63. The second-order valence-corrected chi connectivity index (χ2v) is 6.55. The summed E-state index contributed by atoms with van der Waals surface area (Å²) in [4.78, 5) is 26.4. The van der Waals surface area contributed by atoms with E-state index >= 15 is 0 Å². The molecule has 0 radical (unpaired) electrons. The van der Waals surface area contributed by atoms with E-state index in [-0.39, 0.29) is 17.5 Å². The Morgan fingerprint density at radius 2 is 1.73 bits per heavy atom. The molecule has 1 aliphatic heterocycles. The van der Waals surface area contributed by atoms with Crippen molar-refractivity contribution in [2.45, 2.75) is 18.9 Å². The molecule has 26 heavy (non-hydrogen) atoms. The van der Waals surface area contributed by atoms with Crippen molar-refractivity contribution in [2.75, 3.05) is 13.1 Å². The Hall–Kier alpha value is -2.47. The van der Waals surface area contributed by atoms with Crippen LogP contribution < -0.4 is 5.32 Å². The molecule has 2 amide bonds. The summed E-state index contributed by atoms with van der Waals surface area (Å²) in [6.07, 6.45) is 1.09. The van der Waals surface area contributed by atoms with Gasteiger partial charge in [0.05, 0.1) is 16.1 Å². The van der Waals surface area contributed by atoms with Crippen LogP contribution >= 0.6 is 11.6 Å². The van der Waals surface area contributed by atoms with Gasteiger partial charge in [-0.1, -0.05) is 23.7 Å². The van der Waals surface area contributed by atoms with Gasteiger partial charge >= 0.3 is 0 Å². The molecule has 2 aromatic rings. The van der Waals surface area contributed by atoms with Crippen LogP contribution in [-0.2, 0) is 0 Å². The maximum atomic E-state index is 13.7. The van der Waals surface area contributed by atoms with E-state index in [1.54, 1.807) is 29.2 Å². The highest BCUT2D eigenvalue weighted by Gasteiger charge is 2.26. The minimum Gasteiger partial charge on any atom is -0.349 e. The van der Waals surface area contributed by atoms with Crippen LogP contribution in [-0.4, -0.2) is 35.8 Å². The van der Waals surface area contributed by atoms with E-state index in [4.69, 9.17) is 11.6 Å². The largest absolute Gasteiger partial charge is 0.349 e. The quantitative estimate of drug-likeness (QED) is 0.886. The first-order valence-electron chi connectivity index (χ1n) is 8.25. The maximum absolute atomic E-state index is 13.7. The fourth-order valence-electron chi connectivity index (χ4n) is 2.97. The number of nitrogens with one attached hydrogen (secondary N) is 1. The molecule has 0 atom stereocenters. The summed E-state index contributed by atoms with van der Waals surface area (Å²) in [5.41, 5.74) is 0.256. The highest BCUT2D eigenvalue weighted by atomic mass is 35.5. The van der Waals surface area contributed by atoms with E-state index in [1.165, 1.54) is 0 Å². The SMILES string of the molecule is O=C(NC1CCN(C(=O)c2ccccc2Cl)CC1)c1ccc(F)cc1F. The summed E-state index contributed by atoms with van der Waals surface area (Å²) in [5, 5.41) is 3.14. The van der Waals surface area contributed by atoms with Crippen LogP contribution in [0.2, 0.25) is 5.02 Å². The molecule has 0 aliphatic carbocycles. The predicted molar refractivity (Wildman–Crippen MR) is 94.2 cm³/mol. The van der Waals surface area contributed by atoms with E-state index in [0.717, 1.165) is 12.1 Å². The van der Waals surface area contributed by atoms with E-state index in [1.807, 2.05) is 0 Å². The van der Waals surface area contributed by atoms with Crippen molar-refractivity contribution in [3.63, 3.8) is 0 Å². The summed E-state index contributed by atoms with van der Waals surface area (Å²) >= 11 is 6.06. The van der Waals surface area contributed by atoms with Crippen molar-refractivity contribution in [1.82, 2.24) is 10.2 Å². The molecule has 1 N–H and O–H groups in total. The number of carbonyl (C=O) groups is 2. The van der Waals surface area contributed by atoms with Gasteiger partial charge < -0.3 is 10.2 Å². The Morgan fingerprint density at radius 1 is 1.04 bits per heavy atom. The molecule has 136 valence electrons. The summed E-state index contributed by atoms with van der Waals surface area (Å²) in [6, 6.07) is 9.52. The number of carbonyl (C=O) groups excluding carboxylic acids is 2. The predicted octanol–water partition coefficient (Wildman–Crippen LogP) is 3.65. The third kappa shape index (κ3) is 4.02. The van der Waals surface area contributed by atoms with Gasteiger partial charge in [0.25, 0.3) is 11.8 Å². The smallest absolute Gasteiger partial charge is 0.255 e. The molecule has 1 heterocycles. The Bertz CT molecular complexity index is 836. The zero-order chi connectivity index (χ0) is 18.7. The molecular formula is C19H17ClF2N2O2. The summed E-state index contributed by atoms with van der Waals surface area (Å²) < 4.78 is 26.6. The lowest BCUT2D eigenvalue weighted by Gasteiger charge is -2.32. The number of rotatable bonds is 3. The van der Waals surface area contributed by atoms with Crippen molar-refractivity contribution in [3.05, 3.63) is 70.2 Å². The molecule has 2 aromatic carbocycles. The van der Waals surface area contributed by atoms with E-state index < -0.39 is 17.5 Å². The van der Waals surface area contributed by atoms with Gasteiger partial charge in [0, 0.05) is 25.2 Å². The van der Waals surface area contributed by atoms with Crippen molar-refractivity contribution in [1.29, 1.82) is 0 Å². The van der Waals surface area contributed by atoms with Crippen LogP contribution in [0.4, 0.5) is 8.78 Å². The topological polar surface area (TPSA) is 49.4 Å². The van der Waals surface area contributed by atoms with Gasteiger partial charge in [0.1, 0.15) is 11.6 Å². The molecule has 0 aromatic heterocycles. The minimum absolute atomic E-state index is 0.148. The number of benzene rings is 2.